The lowest BCUT2D eigenvalue weighted by Gasteiger charge is -2.13. The minimum atomic E-state index is -5.79. The zero-order valence-electron chi connectivity index (χ0n) is 12.3. The second-order valence-corrected chi connectivity index (χ2v) is 6.99. The number of rotatable bonds is 3. The fourth-order valence-corrected chi connectivity index (χ4v) is 3.21. The summed E-state index contributed by atoms with van der Waals surface area (Å²) >= 11 is 5.65. The highest BCUT2D eigenvalue weighted by atomic mass is 35.5. The zero-order valence-corrected chi connectivity index (χ0v) is 13.9. The zero-order chi connectivity index (χ0) is 19.7. The normalized spacial score (nSPS) is 11.5. The molecular weight excluding hydrogens is 400 g/mol. The van der Waals surface area contributed by atoms with Crippen molar-refractivity contribution in [3.63, 3.8) is 0 Å². The average molecular weight is 405 g/mol. The number of hydrogen-bond donors (Lipinski definition) is 0. The molecule has 0 atom stereocenters. The second kappa shape index (κ2) is 6.83. The number of ether oxygens (including phenoxy) is 1. The molecule has 2 aromatic carbocycles. The first-order chi connectivity index (χ1) is 12.0. The second-order valence-electron chi connectivity index (χ2n) is 4.70. The summed E-state index contributed by atoms with van der Waals surface area (Å²) in [6.45, 7) is 0. The molecule has 2 aromatic rings. The largest absolute Gasteiger partial charge is 0.501 e. The Balaban J connectivity index is 2.58. The summed E-state index contributed by atoms with van der Waals surface area (Å²) < 4.78 is 79.6. The van der Waals surface area contributed by atoms with E-state index in [0.29, 0.717) is 6.07 Å². The van der Waals surface area contributed by atoms with E-state index in [-0.39, 0.29) is 11.3 Å². The van der Waals surface area contributed by atoms with Crippen LogP contribution in [0.1, 0.15) is 11.1 Å². The SMILES string of the molecule is N#Cc1cc(F)cc(Oc2ccc(S(=O)(=O)C(F)(F)F)c(Cl)c2C#N)c1. The Labute approximate surface area is 149 Å². The molecule has 0 aliphatic rings. The van der Waals surface area contributed by atoms with E-state index in [9.17, 15) is 26.0 Å². The molecule has 0 saturated heterocycles. The quantitative estimate of drug-likeness (QED) is 0.711. The van der Waals surface area contributed by atoms with Gasteiger partial charge < -0.3 is 4.74 Å². The van der Waals surface area contributed by atoms with Gasteiger partial charge in [0.15, 0.2) is 0 Å². The lowest BCUT2D eigenvalue weighted by atomic mass is 10.2. The van der Waals surface area contributed by atoms with Crippen LogP contribution in [0.3, 0.4) is 0 Å². The average Bonchev–Trinajstić information content (AvgIpc) is 2.53. The molecule has 0 fully saturated rings. The van der Waals surface area contributed by atoms with Crippen molar-refractivity contribution in [3.8, 4) is 23.6 Å². The van der Waals surface area contributed by atoms with Gasteiger partial charge in [-0.15, -0.1) is 0 Å². The number of halogens is 5. The number of benzene rings is 2. The molecule has 0 aliphatic carbocycles. The first-order valence-corrected chi connectivity index (χ1v) is 8.30. The maximum Gasteiger partial charge on any atom is 0.501 e. The highest BCUT2D eigenvalue weighted by molar-refractivity contribution is 7.92. The van der Waals surface area contributed by atoms with E-state index >= 15 is 0 Å². The van der Waals surface area contributed by atoms with Crippen LogP contribution in [0.4, 0.5) is 17.6 Å². The predicted octanol–water partition coefficient (Wildman–Crippen LogP) is 4.31. The van der Waals surface area contributed by atoms with E-state index in [1.165, 1.54) is 6.07 Å². The van der Waals surface area contributed by atoms with Gasteiger partial charge in [0, 0.05) is 6.07 Å². The fraction of sp³-hybridized carbons (Fsp3) is 0.0667. The van der Waals surface area contributed by atoms with Gasteiger partial charge in [0.25, 0.3) is 9.84 Å². The van der Waals surface area contributed by atoms with Crippen molar-refractivity contribution in [1.29, 1.82) is 10.5 Å². The summed E-state index contributed by atoms with van der Waals surface area (Å²) in [5.74, 6) is -1.48. The van der Waals surface area contributed by atoms with Gasteiger partial charge in [-0.3, -0.25) is 0 Å². The minimum Gasteiger partial charge on any atom is -0.456 e. The lowest BCUT2D eigenvalue weighted by molar-refractivity contribution is -0.0436. The third-order valence-corrected chi connectivity index (χ3v) is 5.04. The molecule has 0 aliphatic heterocycles. The first-order valence-electron chi connectivity index (χ1n) is 6.43. The van der Waals surface area contributed by atoms with Crippen LogP contribution in [0, 0.1) is 28.5 Å². The van der Waals surface area contributed by atoms with E-state index in [1.54, 1.807) is 6.07 Å². The van der Waals surface area contributed by atoms with Crippen molar-refractivity contribution in [3.05, 3.63) is 52.3 Å². The Morgan fingerprint density at radius 2 is 1.73 bits per heavy atom. The molecule has 0 saturated carbocycles. The molecule has 0 bridgehead atoms. The molecule has 26 heavy (non-hydrogen) atoms. The van der Waals surface area contributed by atoms with Gasteiger partial charge in [-0.25, -0.2) is 12.8 Å². The Morgan fingerprint density at radius 1 is 1.08 bits per heavy atom. The molecule has 0 radical (unpaired) electrons. The maximum atomic E-state index is 13.4. The van der Waals surface area contributed by atoms with E-state index in [1.807, 2.05) is 0 Å². The highest BCUT2D eigenvalue weighted by Crippen LogP contribution is 2.39. The number of alkyl halides is 3. The van der Waals surface area contributed by atoms with Crippen molar-refractivity contribution in [2.45, 2.75) is 10.4 Å². The summed E-state index contributed by atoms with van der Waals surface area (Å²) in [6.07, 6.45) is 0. The van der Waals surface area contributed by atoms with Crippen LogP contribution >= 0.6 is 11.6 Å². The highest BCUT2D eigenvalue weighted by Gasteiger charge is 2.48. The number of nitriles is 2. The van der Waals surface area contributed by atoms with Crippen molar-refractivity contribution in [1.82, 2.24) is 0 Å². The molecule has 0 spiro atoms. The Kier molecular flexibility index (Phi) is 5.12. The van der Waals surface area contributed by atoms with Crippen LogP contribution in [0.5, 0.6) is 11.5 Å². The van der Waals surface area contributed by atoms with Gasteiger partial charge in [0.2, 0.25) is 0 Å². The van der Waals surface area contributed by atoms with Crippen LogP contribution in [0.2, 0.25) is 5.02 Å². The summed E-state index contributed by atoms with van der Waals surface area (Å²) in [4.78, 5) is -1.31. The van der Waals surface area contributed by atoms with Crippen molar-refractivity contribution in [2.75, 3.05) is 0 Å². The Hall–Kier alpha value is -2.82. The molecule has 0 N–H and O–H groups in total. The van der Waals surface area contributed by atoms with Crippen molar-refractivity contribution in [2.24, 2.45) is 0 Å². The van der Waals surface area contributed by atoms with Crippen LogP contribution in [0.25, 0.3) is 0 Å². The molecule has 0 heterocycles. The fourth-order valence-electron chi connectivity index (χ4n) is 1.87. The van der Waals surface area contributed by atoms with Crippen LogP contribution in [0.15, 0.2) is 35.2 Å². The van der Waals surface area contributed by atoms with Gasteiger partial charge in [-0.1, -0.05) is 11.6 Å². The third kappa shape index (κ3) is 3.57. The molecule has 11 heteroatoms. The molecule has 134 valence electrons. The standard InChI is InChI=1S/C15H5ClF4N2O3S/c16-14-11(7-22)12(1-2-13(14)26(23,24)15(18,19)20)25-10-4-8(6-21)3-9(17)5-10/h1-5H. The van der Waals surface area contributed by atoms with Crippen LogP contribution in [-0.2, 0) is 9.84 Å². The van der Waals surface area contributed by atoms with E-state index < -0.39 is 42.4 Å². The molecular formula is C15H5ClF4N2O3S. The van der Waals surface area contributed by atoms with Gasteiger partial charge in [0.1, 0.15) is 28.9 Å². The predicted molar refractivity (Wildman–Crippen MR) is 80.6 cm³/mol. The Morgan fingerprint density at radius 3 is 2.27 bits per heavy atom. The smallest absolute Gasteiger partial charge is 0.456 e. The number of hydrogen-bond acceptors (Lipinski definition) is 5. The summed E-state index contributed by atoms with van der Waals surface area (Å²) in [5.41, 5.74) is -6.42. The monoisotopic (exact) mass is 404 g/mol. The van der Waals surface area contributed by atoms with Crippen LogP contribution in [-0.4, -0.2) is 13.9 Å². The summed E-state index contributed by atoms with van der Waals surface area (Å²) in [5, 5.41) is 16.9. The molecule has 0 amide bonds. The third-order valence-electron chi connectivity index (χ3n) is 3.00. The van der Waals surface area contributed by atoms with Gasteiger partial charge in [0.05, 0.1) is 21.6 Å². The van der Waals surface area contributed by atoms with E-state index in [2.05, 4.69) is 0 Å². The van der Waals surface area contributed by atoms with Gasteiger partial charge in [-0.05, 0) is 24.3 Å². The molecule has 0 unspecified atom stereocenters. The van der Waals surface area contributed by atoms with Gasteiger partial charge >= 0.3 is 5.51 Å². The number of sulfone groups is 1. The topological polar surface area (TPSA) is 90.9 Å². The minimum absolute atomic E-state index is 0.110. The molecule has 5 nitrogen and oxygen atoms in total. The summed E-state index contributed by atoms with van der Waals surface area (Å²) in [6, 6.07) is 7.28. The lowest BCUT2D eigenvalue weighted by Crippen LogP contribution is -2.23. The van der Waals surface area contributed by atoms with E-state index in [0.717, 1.165) is 24.3 Å². The first kappa shape index (κ1) is 19.5. The molecule has 0 aromatic heterocycles. The Bertz CT molecular complexity index is 1070. The van der Waals surface area contributed by atoms with Gasteiger partial charge in [-0.2, -0.15) is 23.7 Å². The van der Waals surface area contributed by atoms with Crippen molar-refractivity contribution < 1.29 is 30.7 Å². The van der Waals surface area contributed by atoms with Crippen LogP contribution < -0.4 is 4.74 Å². The number of nitrogens with zero attached hydrogens (tertiary/aromatic N) is 2. The van der Waals surface area contributed by atoms with E-state index in [4.69, 9.17) is 26.9 Å². The molecule has 2 rings (SSSR count). The maximum absolute atomic E-state index is 13.4. The van der Waals surface area contributed by atoms with Crippen molar-refractivity contribution >= 4 is 21.4 Å². The summed E-state index contributed by atoms with van der Waals surface area (Å²) in [7, 11) is -5.79.